The Balaban J connectivity index is 1.63. The summed E-state index contributed by atoms with van der Waals surface area (Å²) in [6, 6.07) is 4.09. The Morgan fingerprint density at radius 1 is 1.11 bits per heavy atom. The van der Waals surface area contributed by atoms with Gasteiger partial charge in [-0.3, -0.25) is 4.79 Å². The maximum absolute atomic E-state index is 11.1. The lowest BCUT2D eigenvalue weighted by molar-refractivity contribution is -0.117. The molecule has 0 radical (unpaired) electrons. The molecule has 8 heteroatoms. The first-order valence-electron chi connectivity index (χ1n) is 9.71. The number of amides is 1. The van der Waals surface area contributed by atoms with Crippen molar-refractivity contribution >= 4 is 23.4 Å². The minimum Gasteiger partial charge on any atom is -0.489 e. The van der Waals surface area contributed by atoms with Crippen LogP contribution in [-0.2, 0) is 11.3 Å². The molecule has 0 saturated carbocycles. The fourth-order valence-electron chi connectivity index (χ4n) is 4.33. The number of rotatable bonds is 3. The van der Waals surface area contributed by atoms with Gasteiger partial charge < -0.3 is 23.6 Å². The smallest absolute Gasteiger partial charge is 0.209 e. The summed E-state index contributed by atoms with van der Waals surface area (Å²) in [6.45, 7) is 8.43. The number of carbonyl (C=O) groups excluding carboxylic acids is 1. The van der Waals surface area contributed by atoms with Crippen LogP contribution >= 0.6 is 0 Å². The molecule has 2 aliphatic heterocycles. The highest BCUT2D eigenvalue weighted by Crippen LogP contribution is 2.42. The van der Waals surface area contributed by atoms with E-state index in [2.05, 4.69) is 14.6 Å². The summed E-state index contributed by atoms with van der Waals surface area (Å²) in [4.78, 5) is 20.2. The molecule has 0 aliphatic carbocycles. The van der Waals surface area contributed by atoms with Crippen LogP contribution in [0.5, 0.6) is 5.75 Å². The number of aromatic nitrogens is 3. The van der Waals surface area contributed by atoms with Gasteiger partial charge in [0.1, 0.15) is 17.9 Å². The maximum atomic E-state index is 11.1. The largest absolute Gasteiger partial charge is 0.489 e. The van der Waals surface area contributed by atoms with Gasteiger partial charge in [0.2, 0.25) is 12.4 Å². The van der Waals surface area contributed by atoms with Crippen molar-refractivity contribution in [3.63, 3.8) is 0 Å². The first-order valence-corrected chi connectivity index (χ1v) is 9.71. The molecule has 0 atom stereocenters. The number of imidazole rings is 1. The fraction of sp³-hybridized carbons (Fsp3) is 0.450. The average Bonchev–Trinajstić information content (AvgIpc) is 3.14. The monoisotopic (exact) mass is 381 g/mol. The van der Waals surface area contributed by atoms with Crippen molar-refractivity contribution in [2.24, 2.45) is 0 Å². The summed E-state index contributed by atoms with van der Waals surface area (Å²) < 4.78 is 13.7. The Labute approximate surface area is 162 Å². The molecule has 8 nitrogen and oxygen atoms in total. The number of nitrogens with zero attached hydrogens (tertiary/aromatic N) is 5. The number of aryl methyl sites for hydroxylation is 2. The van der Waals surface area contributed by atoms with Crippen LogP contribution in [0.15, 0.2) is 16.7 Å². The van der Waals surface area contributed by atoms with E-state index in [1.165, 1.54) is 0 Å². The Kier molecular flexibility index (Phi) is 3.99. The zero-order valence-electron chi connectivity index (χ0n) is 16.1. The number of carbonyl (C=O) groups is 1. The molecule has 0 unspecified atom stereocenters. The Hall–Kier alpha value is -3.03. The first kappa shape index (κ1) is 17.1. The molecule has 4 heterocycles. The number of anilines is 1. The molecule has 3 aromatic rings. The van der Waals surface area contributed by atoms with Gasteiger partial charge >= 0.3 is 0 Å². The molecular weight excluding hydrogens is 358 g/mol. The van der Waals surface area contributed by atoms with Crippen molar-refractivity contribution < 1.29 is 14.1 Å². The second kappa shape index (κ2) is 6.54. The molecule has 1 saturated heterocycles. The lowest BCUT2D eigenvalue weighted by atomic mass is 10.0. The molecule has 1 aromatic carbocycles. The van der Waals surface area contributed by atoms with E-state index in [0.717, 1.165) is 90.9 Å². The van der Waals surface area contributed by atoms with Crippen LogP contribution < -0.4 is 9.64 Å². The quantitative estimate of drug-likeness (QED) is 0.649. The minimum atomic E-state index is 0.597. The summed E-state index contributed by atoms with van der Waals surface area (Å²) in [5.41, 5.74) is 4.80. The lowest BCUT2D eigenvalue weighted by Gasteiger charge is -2.25. The van der Waals surface area contributed by atoms with Crippen LogP contribution in [0.2, 0.25) is 0 Å². The van der Waals surface area contributed by atoms with Crippen LogP contribution in [0.3, 0.4) is 0 Å². The maximum Gasteiger partial charge on any atom is 0.209 e. The van der Waals surface area contributed by atoms with E-state index in [4.69, 9.17) is 14.2 Å². The van der Waals surface area contributed by atoms with Crippen LogP contribution in [-0.4, -0.2) is 58.8 Å². The third-order valence-corrected chi connectivity index (χ3v) is 5.67. The van der Waals surface area contributed by atoms with Crippen LogP contribution in [0.25, 0.3) is 22.2 Å². The third-order valence-electron chi connectivity index (χ3n) is 5.67. The molecule has 0 N–H and O–H groups in total. The lowest BCUT2D eigenvalue weighted by Crippen LogP contribution is -2.32. The topological polar surface area (TPSA) is 76.6 Å². The van der Waals surface area contributed by atoms with Gasteiger partial charge in [0.15, 0.2) is 5.75 Å². The highest BCUT2D eigenvalue weighted by Gasteiger charge is 2.27. The molecule has 1 amide bonds. The van der Waals surface area contributed by atoms with Crippen LogP contribution in [0.1, 0.15) is 17.9 Å². The number of hydrogen-bond donors (Lipinski definition) is 0. The SMILES string of the molecule is Cc1noc(C)c1-c1ccc2nc(N3CCCN(C=O)CC3)n3c2c1OCC3. The molecule has 5 rings (SSSR count). The van der Waals surface area contributed by atoms with Crippen molar-refractivity contribution in [1.29, 1.82) is 0 Å². The van der Waals surface area contributed by atoms with E-state index in [9.17, 15) is 4.79 Å². The Morgan fingerprint density at radius 2 is 2.00 bits per heavy atom. The number of ether oxygens (including phenoxy) is 1. The van der Waals surface area contributed by atoms with Gasteiger partial charge in [-0.25, -0.2) is 4.98 Å². The summed E-state index contributed by atoms with van der Waals surface area (Å²) in [7, 11) is 0. The van der Waals surface area contributed by atoms with Gasteiger partial charge in [0.25, 0.3) is 0 Å². The molecule has 0 bridgehead atoms. The van der Waals surface area contributed by atoms with E-state index < -0.39 is 0 Å². The summed E-state index contributed by atoms with van der Waals surface area (Å²) in [5.74, 6) is 2.60. The minimum absolute atomic E-state index is 0.597. The molecule has 146 valence electrons. The Bertz CT molecular complexity index is 1030. The highest BCUT2D eigenvalue weighted by molar-refractivity contribution is 5.93. The van der Waals surface area contributed by atoms with E-state index in [1.807, 2.05) is 30.9 Å². The molecule has 28 heavy (non-hydrogen) atoms. The predicted molar refractivity (Wildman–Crippen MR) is 105 cm³/mol. The zero-order valence-corrected chi connectivity index (χ0v) is 16.1. The van der Waals surface area contributed by atoms with E-state index in [-0.39, 0.29) is 0 Å². The van der Waals surface area contributed by atoms with E-state index in [0.29, 0.717) is 6.61 Å². The van der Waals surface area contributed by atoms with Crippen molar-refractivity contribution in [2.75, 3.05) is 37.7 Å². The predicted octanol–water partition coefficient (Wildman–Crippen LogP) is 2.37. The van der Waals surface area contributed by atoms with Crippen molar-refractivity contribution in [1.82, 2.24) is 19.6 Å². The van der Waals surface area contributed by atoms with Gasteiger partial charge in [-0.15, -0.1) is 0 Å². The highest BCUT2D eigenvalue weighted by atomic mass is 16.5. The number of hydrogen-bond acceptors (Lipinski definition) is 6. The molecular formula is C20H23N5O3. The van der Waals surface area contributed by atoms with E-state index in [1.54, 1.807) is 0 Å². The van der Waals surface area contributed by atoms with Gasteiger partial charge in [-0.1, -0.05) is 5.16 Å². The Morgan fingerprint density at radius 3 is 2.79 bits per heavy atom. The van der Waals surface area contributed by atoms with Crippen LogP contribution in [0.4, 0.5) is 5.95 Å². The van der Waals surface area contributed by atoms with Crippen molar-refractivity contribution in [2.45, 2.75) is 26.8 Å². The van der Waals surface area contributed by atoms with Crippen molar-refractivity contribution in [3.8, 4) is 16.9 Å². The van der Waals surface area contributed by atoms with Gasteiger partial charge in [-0.2, -0.15) is 0 Å². The molecule has 2 aliphatic rings. The van der Waals surface area contributed by atoms with Crippen LogP contribution in [0, 0.1) is 13.8 Å². The summed E-state index contributed by atoms with van der Waals surface area (Å²) in [6.07, 6.45) is 1.88. The summed E-state index contributed by atoms with van der Waals surface area (Å²) >= 11 is 0. The second-order valence-corrected chi connectivity index (χ2v) is 7.40. The molecule has 2 aromatic heterocycles. The molecule has 1 fully saturated rings. The van der Waals surface area contributed by atoms with Gasteiger partial charge in [-0.05, 0) is 32.4 Å². The number of benzene rings is 1. The first-order chi connectivity index (χ1) is 13.7. The molecule has 0 spiro atoms. The second-order valence-electron chi connectivity index (χ2n) is 7.40. The van der Waals surface area contributed by atoms with Crippen molar-refractivity contribution in [3.05, 3.63) is 23.6 Å². The zero-order chi connectivity index (χ0) is 19.3. The fourth-order valence-corrected chi connectivity index (χ4v) is 4.33. The third kappa shape index (κ3) is 2.55. The van der Waals surface area contributed by atoms with E-state index >= 15 is 0 Å². The standard InChI is InChI=1S/C20H23N5O3/c1-13-17(14(2)28-22-13)15-4-5-16-18-19(15)27-11-10-25(18)20(21-16)24-7-3-6-23(12-26)8-9-24/h4-5,12H,3,6-11H2,1-2H3. The normalized spacial score (nSPS) is 16.9. The van der Waals surface area contributed by atoms with Gasteiger partial charge in [0.05, 0.1) is 23.3 Å². The summed E-state index contributed by atoms with van der Waals surface area (Å²) in [5, 5.41) is 4.10. The average molecular weight is 381 g/mol. The van der Waals surface area contributed by atoms with Gasteiger partial charge in [0, 0.05) is 31.7 Å².